The van der Waals surface area contributed by atoms with Crippen LogP contribution in [-0.4, -0.2) is 55.5 Å². The molecule has 0 spiro atoms. The van der Waals surface area contributed by atoms with Gasteiger partial charge in [-0.25, -0.2) is 0 Å². The SMILES string of the molecule is C=C(/C=C(Br)\C=C/C)NC(=O)CCN1CCN(C)CC1. The smallest absolute Gasteiger partial charge is 0.225 e. The van der Waals surface area contributed by atoms with E-state index in [9.17, 15) is 4.79 Å². The van der Waals surface area contributed by atoms with Crippen LogP contribution in [0.3, 0.4) is 0 Å². The average molecular weight is 342 g/mol. The van der Waals surface area contributed by atoms with Gasteiger partial charge in [-0.3, -0.25) is 4.79 Å². The Morgan fingerprint density at radius 1 is 1.35 bits per heavy atom. The number of carbonyl (C=O) groups excluding carboxylic acids is 1. The van der Waals surface area contributed by atoms with Crippen LogP contribution in [-0.2, 0) is 4.79 Å². The molecule has 1 fully saturated rings. The third-order valence-corrected chi connectivity index (χ3v) is 3.68. The number of likely N-dealkylation sites (N-methyl/N-ethyl adjacent to an activating group) is 1. The van der Waals surface area contributed by atoms with Gasteiger partial charge in [0, 0.05) is 49.3 Å². The molecule has 1 amide bonds. The molecule has 0 saturated carbocycles. The lowest BCUT2D eigenvalue weighted by Crippen LogP contribution is -2.45. The monoisotopic (exact) mass is 341 g/mol. The summed E-state index contributed by atoms with van der Waals surface area (Å²) in [4.78, 5) is 16.5. The van der Waals surface area contributed by atoms with E-state index < -0.39 is 0 Å². The van der Waals surface area contributed by atoms with Gasteiger partial charge in [-0.2, -0.15) is 0 Å². The van der Waals surface area contributed by atoms with Crippen molar-refractivity contribution in [1.82, 2.24) is 15.1 Å². The Kier molecular flexibility index (Phi) is 7.80. The number of nitrogens with zero attached hydrogens (tertiary/aromatic N) is 2. The maximum Gasteiger partial charge on any atom is 0.225 e. The number of piperazine rings is 1. The van der Waals surface area contributed by atoms with Gasteiger partial charge in [-0.05, 0) is 20.0 Å². The van der Waals surface area contributed by atoms with Gasteiger partial charge < -0.3 is 15.1 Å². The van der Waals surface area contributed by atoms with Crippen molar-refractivity contribution >= 4 is 21.8 Å². The number of halogens is 1. The summed E-state index contributed by atoms with van der Waals surface area (Å²) < 4.78 is 0.893. The molecule has 1 heterocycles. The Hall–Kier alpha value is -0.910. The molecular weight excluding hydrogens is 318 g/mol. The highest BCUT2D eigenvalue weighted by atomic mass is 79.9. The third-order valence-electron chi connectivity index (χ3n) is 3.19. The summed E-state index contributed by atoms with van der Waals surface area (Å²) in [6.45, 7) is 10.8. The van der Waals surface area contributed by atoms with E-state index in [1.807, 2.05) is 19.1 Å². The van der Waals surface area contributed by atoms with E-state index in [2.05, 4.69) is 44.7 Å². The Balaban J connectivity index is 2.26. The van der Waals surface area contributed by atoms with Crippen LogP contribution >= 0.6 is 15.9 Å². The number of carbonyl (C=O) groups is 1. The van der Waals surface area contributed by atoms with Crippen LogP contribution in [0, 0.1) is 0 Å². The van der Waals surface area contributed by atoms with Crippen LogP contribution in [0.5, 0.6) is 0 Å². The topological polar surface area (TPSA) is 35.6 Å². The highest BCUT2D eigenvalue weighted by molar-refractivity contribution is 9.11. The predicted molar refractivity (Wildman–Crippen MR) is 87.7 cm³/mol. The van der Waals surface area contributed by atoms with Gasteiger partial charge in [0.2, 0.25) is 5.91 Å². The lowest BCUT2D eigenvalue weighted by atomic mass is 10.3. The highest BCUT2D eigenvalue weighted by Gasteiger charge is 2.14. The van der Waals surface area contributed by atoms with Crippen molar-refractivity contribution in [3.8, 4) is 0 Å². The second kappa shape index (κ2) is 9.10. The summed E-state index contributed by atoms with van der Waals surface area (Å²) in [7, 11) is 2.13. The van der Waals surface area contributed by atoms with Gasteiger partial charge >= 0.3 is 0 Å². The van der Waals surface area contributed by atoms with Crippen molar-refractivity contribution in [2.75, 3.05) is 39.8 Å². The zero-order valence-corrected chi connectivity index (χ0v) is 13.9. The quantitative estimate of drug-likeness (QED) is 0.751. The summed E-state index contributed by atoms with van der Waals surface area (Å²) in [6.07, 6.45) is 6.14. The molecule has 4 nitrogen and oxygen atoms in total. The van der Waals surface area contributed by atoms with Crippen molar-refractivity contribution in [2.45, 2.75) is 13.3 Å². The Morgan fingerprint density at radius 3 is 2.60 bits per heavy atom. The second-order valence-electron chi connectivity index (χ2n) is 5.00. The first kappa shape index (κ1) is 17.1. The molecule has 1 aliphatic heterocycles. The largest absolute Gasteiger partial charge is 0.327 e. The molecule has 0 aromatic heterocycles. The van der Waals surface area contributed by atoms with Crippen LogP contribution in [0.25, 0.3) is 0 Å². The van der Waals surface area contributed by atoms with E-state index in [0.29, 0.717) is 12.1 Å². The van der Waals surface area contributed by atoms with Crippen molar-refractivity contribution in [3.63, 3.8) is 0 Å². The summed E-state index contributed by atoms with van der Waals surface area (Å²) in [5, 5.41) is 2.81. The summed E-state index contributed by atoms with van der Waals surface area (Å²) in [6, 6.07) is 0. The molecule has 1 rings (SSSR count). The molecule has 1 N–H and O–H groups in total. The van der Waals surface area contributed by atoms with Crippen molar-refractivity contribution in [2.24, 2.45) is 0 Å². The number of hydrogen-bond donors (Lipinski definition) is 1. The van der Waals surface area contributed by atoms with E-state index in [1.165, 1.54) is 0 Å². The number of amides is 1. The van der Waals surface area contributed by atoms with Crippen LogP contribution in [0.4, 0.5) is 0 Å². The first-order valence-electron chi connectivity index (χ1n) is 6.91. The minimum absolute atomic E-state index is 0.0194. The molecule has 0 bridgehead atoms. The van der Waals surface area contributed by atoms with Gasteiger partial charge in [0.15, 0.2) is 0 Å². The van der Waals surface area contributed by atoms with Gasteiger partial charge in [-0.1, -0.05) is 34.7 Å². The lowest BCUT2D eigenvalue weighted by Gasteiger charge is -2.32. The van der Waals surface area contributed by atoms with Crippen molar-refractivity contribution in [3.05, 3.63) is 35.0 Å². The number of allylic oxidation sites excluding steroid dienone is 4. The Bertz CT molecular complexity index is 396. The van der Waals surface area contributed by atoms with Gasteiger partial charge in [0.1, 0.15) is 0 Å². The van der Waals surface area contributed by atoms with Crippen LogP contribution in [0.1, 0.15) is 13.3 Å². The maximum absolute atomic E-state index is 11.8. The van der Waals surface area contributed by atoms with Gasteiger partial charge in [-0.15, -0.1) is 0 Å². The molecule has 0 atom stereocenters. The van der Waals surface area contributed by atoms with Gasteiger partial charge in [0.25, 0.3) is 0 Å². The molecule has 0 aromatic rings. The first-order valence-corrected chi connectivity index (χ1v) is 7.70. The summed E-state index contributed by atoms with van der Waals surface area (Å²) in [5.74, 6) is 0.0194. The molecule has 0 aromatic carbocycles. The number of hydrogen-bond acceptors (Lipinski definition) is 3. The van der Waals surface area contributed by atoms with Crippen LogP contribution in [0.2, 0.25) is 0 Å². The minimum Gasteiger partial charge on any atom is -0.327 e. The number of rotatable bonds is 6. The van der Waals surface area contributed by atoms with Crippen LogP contribution < -0.4 is 5.32 Å². The van der Waals surface area contributed by atoms with E-state index >= 15 is 0 Å². The lowest BCUT2D eigenvalue weighted by molar-refractivity contribution is -0.120. The fourth-order valence-electron chi connectivity index (χ4n) is 1.98. The fraction of sp³-hybridized carbons (Fsp3) is 0.533. The number of nitrogens with one attached hydrogen (secondary N) is 1. The summed E-state index contributed by atoms with van der Waals surface area (Å²) >= 11 is 3.39. The van der Waals surface area contributed by atoms with E-state index in [0.717, 1.165) is 37.2 Å². The maximum atomic E-state index is 11.8. The normalized spacial score (nSPS) is 18.4. The standard InChI is InChI=1S/C15H24BrN3O/c1-4-5-14(16)12-13(2)17-15(20)6-7-19-10-8-18(3)9-11-19/h4-5,12H,2,6-11H2,1,3H3,(H,17,20)/b5-4-,14-12+. The highest BCUT2D eigenvalue weighted by Crippen LogP contribution is 2.09. The second-order valence-corrected chi connectivity index (χ2v) is 5.91. The zero-order valence-electron chi connectivity index (χ0n) is 12.4. The van der Waals surface area contributed by atoms with E-state index in [-0.39, 0.29) is 5.91 Å². The van der Waals surface area contributed by atoms with Crippen molar-refractivity contribution < 1.29 is 4.79 Å². The fourth-order valence-corrected chi connectivity index (χ4v) is 2.52. The first-order chi connectivity index (χ1) is 9.51. The minimum atomic E-state index is 0.0194. The molecule has 0 aliphatic carbocycles. The molecule has 0 radical (unpaired) electrons. The third kappa shape index (κ3) is 7.03. The average Bonchev–Trinajstić information content (AvgIpc) is 2.38. The molecule has 1 aliphatic rings. The molecule has 5 heteroatoms. The van der Waals surface area contributed by atoms with Crippen molar-refractivity contribution in [1.29, 1.82) is 0 Å². The molecule has 1 saturated heterocycles. The Morgan fingerprint density at radius 2 is 2.00 bits per heavy atom. The van der Waals surface area contributed by atoms with Gasteiger partial charge in [0.05, 0.1) is 0 Å². The Labute approximate surface area is 130 Å². The molecule has 112 valence electrons. The predicted octanol–water partition coefficient (Wildman–Crippen LogP) is 2.11. The summed E-state index contributed by atoms with van der Waals surface area (Å²) in [5.41, 5.74) is 0.610. The van der Waals surface area contributed by atoms with Crippen LogP contribution in [0.15, 0.2) is 35.0 Å². The van der Waals surface area contributed by atoms with E-state index in [4.69, 9.17) is 0 Å². The molecule has 0 unspecified atom stereocenters. The van der Waals surface area contributed by atoms with E-state index in [1.54, 1.807) is 6.08 Å². The zero-order chi connectivity index (χ0) is 15.0. The molecular formula is C15H24BrN3O. The molecule has 20 heavy (non-hydrogen) atoms.